The number of aliphatic carboxylic acids is 1. The maximum absolute atomic E-state index is 13.2. The molecule has 9 heteroatoms. The van der Waals surface area contributed by atoms with Gasteiger partial charge in [-0.05, 0) is 18.9 Å². The Balaban J connectivity index is 2.27. The number of hydrogen-bond donors (Lipinski definition) is 1. The van der Waals surface area contributed by atoms with Crippen molar-refractivity contribution in [2.75, 3.05) is 0 Å². The van der Waals surface area contributed by atoms with Crippen LogP contribution in [-0.4, -0.2) is 34.7 Å². The summed E-state index contributed by atoms with van der Waals surface area (Å²) >= 11 is 0. The maximum Gasteiger partial charge on any atom is 0.384 e. The third-order valence-corrected chi connectivity index (χ3v) is 4.81. The summed E-state index contributed by atoms with van der Waals surface area (Å²) in [5.41, 5.74) is -1.02. The molecule has 0 aromatic carbocycles. The van der Waals surface area contributed by atoms with E-state index in [-0.39, 0.29) is 5.82 Å². The first-order valence-electron chi connectivity index (χ1n) is 5.38. The first-order valence-corrected chi connectivity index (χ1v) is 7.10. The van der Waals surface area contributed by atoms with Gasteiger partial charge >= 0.3 is 11.9 Å². The van der Waals surface area contributed by atoms with Gasteiger partial charge in [0, 0.05) is 6.20 Å². The Morgan fingerprint density at radius 2 is 2.11 bits per heavy atom. The lowest BCUT2D eigenvalue weighted by Crippen LogP contribution is -2.27. The van der Waals surface area contributed by atoms with Crippen LogP contribution in [0.1, 0.15) is 24.4 Å². The van der Waals surface area contributed by atoms with Crippen molar-refractivity contribution in [3.8, 4) is 0 Å². The highest BCUT2D eigenvalue weighted by Gasteiger charge is 2.43. The number of nitrogens with zero attached hydrogens (tertiary/aromatic N) is 2. The second-order valence-corrected chi connectivity index (χ2v) is 6.53. The van der Waals surface area contributed by atoms with Gasteiger partial charge in [-0.25, -0.2) is 23.2 Å². The van der Waals surface area contributed by atoms with Gasteiger partial charge in [0.25, 0.3) is 0 Å². The Bertz CT molecular complexity index is 614. The predicted octanol–water partition coefficient (Wildman–Crippen LogP) is 0.730. The normalized spacial score (nSPS) is 16.3. The number of aromatic nitrogens is 2. The fourth-order valence-electron chi connectivity index (χ4n) is 1.48. The number of rotatable bonds is 5. The van der Waals surface area contributed by atoms with Crippen LogP contribution in [0.25, 0.3) is 0 Å². The summed E-state index contributed by atoms with van der Waals surface area (Å²) in [6.07, 6.45) is 2.03. The van der Waals surface area contributed by atoms with Gasteiger partial charge in [0.15, 0.2) is 9.84 Å². The third-order valence-electron chi connectivity index (χ3n) is 2.66. The van der Waals surface area contributed by atoms with Crippen LogP contribution in [-0.2, 0) is 26.3 Å². The molecule has 0 amide bonds. The maximum atomic E-state index is 13.2. The first-order chi connectivity index (χ1) is 8.73. The standard InChI is InChI=1S/C10H10F2N2O4S/c11-10(12,9(15)16)7-3-4-13-8(14-7)5-19(17,18)6-1-2-6/h3-4,6H,1-2,5H2,(H,15,16). The molecule has 19 heavy (non-hydrogen) atoms. The second-order valence-electron chi connectivity index (χ2n) is 4.24. The number of carboxylic acids is 1. The van der Waals surface area contributed by atoms with Crippen LogP contribution in [0.4, 0.5) is 8.78 Å². The van der Waals surface area contributed by atoms with E-state index in [1.54, 1.807) is 0 Å². The van der Waals surface area contributed by atoms with Gasteiger partial charge < -0.3 is 5.11 Å². The van der Waals surface area contributed by atoms with Gasteiger partial charge in [-0.1, -0.05) is 0 Å². The Hall–Kier alpha value is -1.64. The van der Waals surface area contributed by atoms with Crippen LogP contribution in [0.5, 0.6) is 0 Å². The van der Waals surface area contributed by atoms with Crippen LogP contribution in [0.3, 0.4) is 0 Å². The topological polar surface area (TPSA) is 97.2 Å². The van der Waals surface area contributed by atoms with E-state index in [1.807, 2.05) is 0 Å². The molecule has 0 spiro atoms. The van der Waals surface area contributed by atoms with E-state index < -0.39 is 38.4 Å². The predicted molar refractivity (Wildman–Crippen MR) is 59.2 cm³/mol. The molecule has 1 aromatic rings. The quantitative estimate of drug-likeness (QED) is 0.859. The Morgan fingerprint density at radius 3 is 2.63 bits per heavy atom. The lowest BCUT2D eigenvalue weighted by molar-refractivity contribution is -0.166. The molecular formula is C10H10F2N2O4S. The van der Waals surface area contributed by atoms with Crippen molar-refractivity contribution < 1.29 is 27.1 Å². The molecule has 1 heterocycles. The minimum atomic E-state index is -4.17. The van der Waals surface area contributed by atoms with Crippen molar-refractivity contribution in [3.05, 3.63) is 23.8 Å². The zero-order valence-electron chi connectivity index (χ0n) is 9.58. The van der Waals surface area contributed by atoms with Crippen molar-refractivity contribution >= 4 is 15.8 Å². The van der Waals surface area contributed by atoms with E-state index in [0.717, 1.165) is 12.3 Å². The van der Waals surface area contributed by atoms with Crippen molar-refractivity contribution in [1.82, 2.24) is 9.97 Å². The molecule has 0 radical (unpaired) electrons. The van der Waals surface area contributed by atoms with E-state index in [4.69, 9.17) is 5.11 Å². The Morgan fingerprint density at radius 1 is 1.47 bits per heavy atom. The molecule has 1 aromatic heterocycles. The Labute approximate surface area is 107 Å². The highest BCUT2D eigenvalue weighted by Crippen LogP contribution is 2.31. The SMILES string of the molecule is O=C(O)C(F)(F)c1ccnc(CS(=O)(=O)C2CC2)n1. The molecule has 2 rings (SSSR count). The summed E-state index contributed by atoms with van der Waals surface area (Å²) in [5.74, 6) is -7.38. The van der Waals surface area contributed by atoms with E-state index >= 15 is 0 Å². The average molecular weight is 292 g/mol. The average Bonchev–Trinajstić information content (AvgIpc) is 3.12. The minimum absolute atomic E-state index is 0.315. The monoisotopic (exact) mass is 292 g/mol. The number of carbonyl (C=O) groups is 1. The summed E-state index contributed by atoms with van der Waals surface area (Å²) in [6.45, 7) is 0. The van der Waals surface area contributed by atoms with E-state index in [2.05, 4.69) is 9.97 Å². The van der Waals surface area contributed by atoms with Gasteiger partial charge in [0.05, 0.1) is 5.25 Å². The smallest absolute Gasteiger partial charge is 0.384 e. The van der Waals surface area contributed by atoms with Crippen LogP contribution in [0.15, 0.2) is 12.3 Å². The summed E-state index contributed by atoms with van der Waals surface area (Å²) in [7, 11) is -3.44. The minimum Gasteiger partial charge on any atom is -0.476 e. The van der Waals surface area contributed by atoms with Crippen molar-refractivity contribution in [2.24, 2.45) is 0 Å². The fraction of sp³-hybridized carbons (Fsp3) is 0.500. The first kappa shape index (κ1) is 13.8. The Kier molecular flexibility index (Phi) is 3.25. The van der Waals surface area contributed by atoms with Crippen LogP contribution in [0.2, 0.25) is 0 Å². The van der Waals surface area contributed by atoms with Crippen molar-refractivity contribution in [3.63, 3.8) is 0 Å². The van der Waals surface area contributed by atoms with E-state index in [1.165, 1.54) is 0 Å². The van der Waals surface area contributed by atoms with Gasteiger partial charge in [0.2, 0.25) is 0 Å². The number of sulfone groups is 1. The molecule has 1 aliphatic carbocycles. The molecular weight excluding hydrogens is 282 g/mol. The largest absolute Gasteiger partial charge is 0.476 e. The number of carboxylic acid groups (broad SMARTS) is 1. The zero-order valence-corrected chi connectivity index (χ0v) is 10.4. The van der Waals surface area contributed by atoms with Crippen LogP contribution in [0, 0.1) is 0 Å². The molecule has 0 atom stereocenters. The van der Waals surface area contributed by atoms with Gasteiger partial charge in [-0.15, -0.1) is 0 Å². The summed E-state index contributed by atoms with van der Waals surface area (Å²) in [6, 6.07) is 0.751. The lowest BCUT2D eigenvalue weighted by Gasteiger charge is -2.11. The zero-order chi connectivity index (χ0) is 14.3. The third kappa shape index (κ3) is 2.86. The van der Waals surface area contributed by atoms with Crippen molar-refractivity contribution in [1.29, 1.82) is 0 Å². The summed E-state index contributed by atoms with van der Waals surface area (Å²) in [4.78, 5) is 17.3. The number of alkyl halides is 2. The van der Waals surface area contributed by atoms with Crippen LogP contribution >= 0.6 is 0 Å². The molecule has 1 aliphatic rings. The van der Waals surface area contributed by atoms with Crippen molar-refractivity contribution in [2.45, 2.75) is 29.8 Å². The number of hydrogen-bond acceptors (Lipinski definition) is 5. The molecule has 0 bridgehead atoms. The van der Waals surface area contributed by atoms with E-state index in [9.17, 15) is 22.0 Å². The molecule has 104 valence electrons. The lowest BCUT2D eigenvalue weighted by atomic mass is 10.2. The highest BCUT2D eigenvalue weighted by atomic mass is 32.2. The van der Waals surface area contributed by atoms with E-state index in [0.29, 0.717) is 12.8 Å². The highest BCUT2D eigenvalue weighted by molar-refractivity contribution is 7.91. The molecule has 1 saturated carbocycles. The molecule has 1 fully saturated rings. The second kappa shape index (κ2) is 4.48. The fourth-order valence-corrected chi connectivity index (χ4v) is 3.07. The molecule has 0 aliphatic heterocycles. The van der Waals surface area contributed by atoms with Gasteiger partial charge in [0.1, 0.15) is 17.3 Å². The summed E-state index contributed by atoms with van der Waals surface area (Å²) in [5, 5.41) is 7.93. The molecule has 6 nitrogen and oxygen atoms in total. The number of halogens is 2. The van der Waals surface area contributed by atoms with Gasteiger partial charge in [-0.3, -0.25) is 0 Å². The molecule has 1 N–H and O–H groups in total. The summed E-state index contributed by atoms with van der Waals surface area (Å²) < 4.78 is 49.8. The van der Waals surface area contributed by atoms with Gasteiger partial charge in [-0.2, -0.15) is 8.78 Å². The molecule has 0 unspecified atom stereocenters. The van der Waals surface area contributed by atoms with Crippen LogP contribution < -0.4 is 0 Å². The molecule has 0 saturated heterocycles.